The first kappa shape index (κ1) is 13.7. The molecular weight excluding hydrogens is 256 g/mol. The van der Waals surface area contributed by atoms with Crippen molar-refractivity contribution in [3.63, 3.8) is 0 Å². The molecule has 1 N–H and O–H groups in total. The SMILES string of the molecule is COCCN(c1c(F)cc(C(=O)O)cc1F)C1CC1. The lowest BCUT2D eigenvalue weighted by Gasteiger charge is -2.25. The van der Waals surface area contributed by atoms with E-state index in [0.717, 1.165) is 25.0 Å². The number of ether oxygens (including phenoxy) is 1. The molecule has 104 valence electrons. The highest BCUT2D eigenvalue weighted by Gasteiger charge is 2.32. The molecule has 0 atom stereocenters. The molecule has 1 aliphatic carbocycles. The van der Waals surface area contributed by atoms with E-state index in [2.05, 4.69) is 0 Å². The van der Waals surface area contributed by atoms with Gasteiger partial charge in [0.15, 0.2) is 0 Å². The summed E-state index contributed by atoms with van der Waals surface area (Å²) in [5.74, 6) is -3.04. The van der Waals surface area contributed by atoms with E-state index in [1.165, 1.54) is 7.11 Å². The minimum atomic E-state index is -1.35. The second-order valence-electron chi connectivity index (χ2n) is 4.51. The Hall–Kier alpha value is -1.69. The molecule has 1 aromatic carbocycles. The molecular formula is C13H15F2NO3. The summed E-state index contributed by atoms with van der Waals surface area (Å²) < 4.78 is 32.8. The van der Waals surface area contributed by atoms with Crippen LogP contribution in [0, 0.1) is 11.6 Å². The highest BCUT2D eigenvalue weighted by Crippen LogP contribution is 2.35. The van der Waals surface area contributed by atoms with Crippen molar-refractivity contribution in [2.24, 2.45) is 0 Å². The van der Waals surface area contributed by atoms with Crippen molar-refractivity contribution in [1.29, 1.82) is 0 Å². The molecule has 4 nitrogen and oxygen atoms in total. The molecule has 2 rings (SSSR count). The number of aromatic carboxylic acids is 1. The Morgan fingerprint density at radius 1 is 1.42 bits per heavy atom. The van der Waals surface area contributed by atoms with Crippen LogP contribution in [0.3, 0.4) is 0 Å². The molecule has 0 unspecified atom stereocenters. The highest BCUT2D eigenvalue weighted by molar-refractivity contribution is 5.88. The lowest BCUT2D eigenvalue weighted by Crippen LogP contribution is -2.31. The van der Waals surface area contributed by atoms with Gasteiger partial charge >= 0.3 is 5.97 Å². The Labute approximate surface area is 109 Å². The third-order valence-electron chi connectivity index (χ3n) is 3.08. The van der Waals surface area contributed by atoms with Crippen LogP contribution in [-0.2, 0) is 4.74 Å². The second-order valence-corrected chi connectivity index (χ2v) is 4.51. The minimum Gasteiger partial charge on any atom is -0.478 e. The zero-order valence-electron chi connectivity index (χ0n) is 10.5. The summed E-state index contributed by atoms with van der Waals surface area (Å²) >= 11 is 0. The average Bonchev–Trinajstić information content (AvgIpc) is 3.16. The fourth-order valence-electron chi connectivity index (χ4n) is 2.02. The number of anilines is 1. The summed E-state index contributed by atoms with van der Waals surface area (Å²) in [7, 11) is 1.52. The molecule has 19 heavy (non-hydrogen) atoms. The van der Waals surface area contributed by atoms with Gasteiger partial charge in [0, 0.05) is 19.7 Å². The number of carboxylic acids is 1. The van der Waals surface area contributed by atoms with E-state index in [-0.39, 0.29) is 17.3 Å². The van der Waals surface area contributed by atoms with E-state index in [0.29, 0.717) is 13.2 Å². The Morgan fingerprint density at radius 2 is 2.00 bits per heavy atom. The summed E-state index contributed by atoms with van der Waals surface area (Å²) in [6.07, 6.45) is 1.76. The van der Waals surface area contributed by atoms with Crippen molar-refractivity contribution in [3.05, 3.63) is 29.3 Å². The number of benzene rings is 1. The molecule has 0 spiro atoms. The van der Waals surface area contributed by atoms with Gasteiger partial charge in [-0.3, -0.25) is 0 Å². The topological polar surface area (TPSA) is 49.8 Å². The molecule has 0 saturated heterocycles. The molecule has 1 fully saturated rings. The minimum absolute atomic E-state index is 0.106. The summed E-state index contributed by atoms with van der Waals surface area (Å²) in [5, 5.41) is 8.76. The number of carboxylic acid groups (broad SMARTS) is 1. The molecule has 1 aromatic rings. The third-order valence-corrected chi connectivity index (χ3v) is 3.08. The van der Waals surface area contributed by atoms with Crippen LogP contribution in [0.1, 0.15) is 23.2 Å². The van der Waals surface area contributed by atoms with E-state index < -0.39 is 17.6 Å². The number of hydrogen-bond donors (Lipinski definition) is 1. The summed E-state index contributed by atoms with van der Waals surface area (Å²) in [5.41, 5.74) is -0.550. The van der Waals surface area contributed by atoms with Crippen molar-refractivity contribution in [1.82, 2.24) is 0 Å². The zero-order chi connectivity index (χ0) is 14.0. The van der Waals surface area contributed by atoms with E-state index in [1.54, 1.807) is 4.90 Å². The normalized spacial score (nSPS) is 14.5. The standard InChI is InChI=1S/C13H15F2NO3/c1-19-5-4-16(9-2-3-9)12-10(14)6-8(13(17)18)7-11(12)15/h6-7,9H,2-5H2,1H3,(H,17,18). The maximum absolute atomic E-state index is 14.0. The molecule has 0 amide bonds. The number of halogens is 2. The number of hydrogen-bond acceptors (Lipinski definition) is 3. The van der Waals surface area contributed by atoms with Gasteiger partial charge in [-0.25, -0.2) is 13.6 Å². The molecule has 0 radical (unpaired) electrons. The summed E-state index contributed by atoms with van der Waals surface area (Å²) in [6.45, 7) is 0.734. The van der Waals surface area contributed by atoms with Crippen LogP contribution >= 0.6 is 0 Å². The monoisotopic (exact) mass is 271 g/mol. The maximum atomic E-state index is 14.0. The first-order valence-corrected chi connectivity index (χ1v) is 6.02. The van der Waals surface area contributed by atoms with E-state index in [9.17, 15) is 13.6 Å². The number of nitrogens with zero attached hydrogens (tertiary/aromatic N) is 1. The van der Waals surface area contributed by atoms with Crippen LogP contribution < -0.4 is 4.90 Å². The van der Waals surface area contributed by atoms with Gasteiger partial charge in [0.2, 0.25) is 0 Å². The van der Waals surface area contributed by atoms with Gasteiger partial charge in [-0.15, -0.1) is 0 Å². The van der Waals surface area contributed by atoms with Gasteiger partial charge in [-0.1, -0.05) is 0 Å². The summed E-state index contributed by atoms with van der Waals surface area (Å²) in [6, 6.07) is 1.81. The van der Waals surface area contributed by atoms with Crippen LogP contribution in [0.4, 0.5) is 14.5 Å². The van der Waals surface area contributed by atoms with Crippen LogP contribution in [0.25, 0.3) is 0 Å². The van der Waals surface area contributed by atoms with Gasteiger partial charge in [0.05, 0.1) is 12.2 Å². The molecule has 0 bridgehead atoms. The lowest BCUT2D eigenvalue weighted by molar-refractivity contribution is 0.0695. The average molecular weight is 271 g/mol. The van der Waals surface area contributed by atoms with Crippen molar-refractivity contribution >= 4 is 11.7 Å². The lowest BCUT2D eigenvalue weighted by atomic mass is 10.1. The summed E-state index contributed by atoms with van der Waals surface area (Å²) in [4.78, 5) is 12.3. The fraction of sp³-hybridized carbons (Fsp3) is 0.462. The van der Waals surface area contributed by atoms with Crippen LogP contribution in [0.15, 0.2) is 12.1 Å². The fourth-order valence-corrected chi connectivity index (χ4v) is 2.02. The largest absolute Gasteiger partial charge is 0.478 e. The van der Waals surface area contributed by atoms with Crippen LogP contribution in [0.5, 0.6) is 0 Å². The Morgan fingerprint density at radius 3 is 2.42 bits per heavy atom. The Bertz CT molecular complexity index is 466. The number of rotatable bonds is 6. The maximum Gasteiger partial charge on any atom is 0.335 e. The molecule has 0 aliphatic heterocycles. The Kier molecular flexibility index (Phi) is 3.99. The number of carbonyl (C=O) groups is 1. The molecule has 0 heterocycles. The highest BCUT2D eigenvalue weighted by atomic mass is 19.1. The van der Waals surface area contributed by atoms with Gasteiger partial charge in [0.1, 0.15) is 17.3 Å². The van der Waals surface area contributed by atoms with Gasteiger partial charge < -0.3 is 14.7 Å². The second kappa shape index (κ2) is 5.52. The quantitative estimate of drug-likeness (QED) is 0.862. The van der Waals surface area contributed by atoms with Crippen molar-refractivity contribution in [2.45, 2.75) is 18.9 Å². The zero-order valence-corrected chi connectivity index (χ0v) is 10.5. The molecule has 6 heteroatoms. The van der Waals surface area contributed by atoms with Crippen molar-refractivity contribution in [2.75, 3.05) is 25.2 Å². The smallest absolute Gasteiger partial charge is 0.335 e. The van der Waals surface area contributed by atoms with Gasteiger partial charge in [-0.05, 0) is 25.0 Å². The van der Waals surface area contributed by atoms with E-state index in [1.807, 2.05) is 0 Å². The van der Waals surface area contributed by atoms with Crippen molar-refractivity contribution < 1.29 is 23.4 Å². The predicted molar refractivity (Wildman–Crippen MR) is 65.6 cm³/mol. The first-order chi connectivity index (χ1) is 9.04. The predicted octanol–water partition coefficient (Wildman–Crippen LogP) is 2.28. The molecule has 1 saturated carbocycles. The third kappa shape index (κ3) is 3.01. The number of methoxy groups -OCH3 is 1. The first-order valence-electron chi connectivity index (χ1n) is 6.02. The molecule has 1 aliphatic rings. The molecule has 0 aromatic heterocycles. The van der Waals surface area contributed by atoms with Crippen molar-refractivity contribution in [3.8, 4) is 0 Å². The van der Waals surface area contributed by atoms with Crippen LogP contribution in [0.2, 0.25) is 0 Å². The van der Waals surface area contributed by atoms with E-state index >= 15 is 0 Å². The Balaban J connectivity index is 2.33. The van der Waals surface area contributed by atoms with Crippen LogP contribution in [-0.4, -0.2) is 37.4 Å². The van der Waals surface area contributed by atoms with E-state index in [4.69, 9.17) is 9.84 Å². The van der Waals surface area contributed by atoms with Gasteiger partial charge in [0.25, 0.3) is 0 Å². The van der Waals surface area contributed by atoms with Gasteiger partial charge in [-0.2, -0.15) is 0 Å².